The Balaban J connectivity index is 1.97. The summed E-state index contributed by atoms with van der Waals surface area (Å²) in [7, 11) is 0. The highest BCUT2D eigenvalue weighted by atomic mass is 16.4. The molecule has 0 amide bonds. The van der Waals surface area contributed by atoms with Crippen LogP contribution in [-0.2, 0) is 6.42 Å². The monoisotopic (exact) mass is 260 g/mol. The van der Waals surface area contributed by atoms with Crippen molar-refractivity contribution < 1.29 is 19.4 Å². The number of carbonyl (C=O) groups is 1. The van der Waals surface area contributed by atoms with Crippen LogP contribution in [0.25, 0.3) is 0 Å². The van der Waals surface area contributed by atoms with Crippen molar-refractivity contribution in [3.8, 4) is 0 Å². The molecular weight excluding hydrogens is 244 g/mol. The summed E-state index contributed by atoms with van der Waals surface area (Å²) < 4.78 is 5.07. The minimum absolute atomic E-state index is 0.149. The molecule has 0 fully saturated rings. The quantitative estimate of drug-likeness (QED) is 0.867. The van der Waals surface area contributed by atoms with Gasteiger partial charge in [0, 0.05) is 0 Å². The minimum atomic E-state index is -1.13. The normalized spacial score (nSPS) is 12.3. The van der Waals surface area contributed by atoms with E-state index in [4.69, 9.17) is 9.52 Å². The van der Waals surface area contributed by atoms with Gasteiger partial charge in [0.2, 0.25) is 5.76 Å². The van der Waals surface area contributed by atoms with E-state index in [9.17, 15) is 9.90 Å². The number of aliphatic hydroxyl groups excluding tert-OH is 1. The summed E-state index contributed by atoms with van der Waals surface area (Å²) in [5, 5.41) is 18.7. The van der Waals surface area contributed by atoms with E-state index in [1.54, 1.807) is 0 Å². The number of furan rings is 1. The molecule has 2 N–H and O–H groups in total. The summed E-state index contributed by atoms with van der Waals surface area (Å²) in [6.45, 7) is 2.02. The van der Waals surface area contributed by atoms with Gasteiger partial charge in [-0.15, -0.1) is 0 Å². The largest absolute Gasteiger partial charge is 0.475 e. The van der Waals surface area contributed by atoms with Crippen LogP contribution in [0, 0.1) is 6.92 Å². The van der Waals surface area contributed by atoms with Crippen LogP contribution < -0.4 is 0 Å². The zero-order valence-corrected chi connectivity index (χ0v) is 10.7. The summed E-state index contributed by atoms with van der Waals surface area (Å²) in [4.78, 5) is 10.7. The maximum atomic E-state index is 10.7. The lowest BCUT2D eigenvalue weighted by atomic mass is 10.0. The maximum absolute atomic E-state index is 10.7. The predicted octanol–water partition coefficient (Wildman–Crippen LogP) is 2.95. The lowest BCUT2D eigenvalue weighted by Gasteiger charge is -2.08. The third kappa shape index (κ3) is 3.45. The van der Waals surface area contributed by atoms with Gasteiger partial charge in [0.25, 0.3) is 0 Å². The van der Waals surface area contributed by atoms with Gasteiger partial charge in [0.1, 0.15) is 11.9 Å². The Bertz CT molecular complexity index is 571. The fourth-order valence-electron chi connectivity index (χ4n) is 1.96. The highest BCUT2D eigenvalue weighted by Gasteiger charge is 2.15. The molecule has 1 aromatic heterocycles. The standard InChI is InChI=1S/C15H16O4/c1-10-3-2-4-11(9-10)5-6-12(16)13-7-8-14(19-13)15(17)18/h2-4,7-9,12,16H,5-6H2,1H3,(H,17,18). The number of aromatic carboxylic acids is 1. The van der Waals surface area contributed by atoms with Crippen molar-refractivity contribution in [3.63, 3.8) is 0 Å². The average molecular weight is 260 g/mol. The Morgan fingerprint density at radius 3 is 2.74 bits per heavy atom. The van der Waals surface area contributed by atoms with Crippen LogP contribution in [0.15, 0.2) is 40.8 Å². The molecule has 0 aliphatic heterocycles. The molecule has 0 aliphatic carbocycles. The van der Waals surface area contributed by atoms with E-state index < -0.39 is 12.1 Å². The van der Waals surface area contributed by atoms with E-state index in [0.717, 1.165) is 5.56 Å². The van der Waals surface area contributed by atoms with Gasteiger partial charge >= 0.3 is 5.97 Å². The van der Waals surface area contributed by atoms with Gasteiger partial charge in [0.15, 0.2) is 0 Å². The zero-order valence-electron chi connectivity index (χ0n) is 10.7. The smallest absolute Gasteiger partial charge is 0.371 e. The Kier molecular flexibility index (Phi) is 4.02. The van der Waals surface area contributed by atoms with E-state index in [1.807, 2.05) is 25.1 Å². The molecule has 4 heteroatoms. The predicted molar refractivity (Wildman–Crippen MR) is 70.1 cm³/mol. The van der Waals surface area contributed by atoms with Gasteiger partial charge in [-0.05, 0) is 37.5 Å². The molecule has 0 aliphatic rings. The molecule has 0 spiro atoms. The molecular formula is C15H16O4. The van der Waals surface area contributed by atoms with E-state index in [-0.39, 0.29) is 5.76 Å². The molecule has 0 radical (unpaired) electrons. The van der Waals surface area contributed by atoms with Crippen LogP contribution in [0.1, 0.15) is 40.0 Å². The van der Waals surface area contributed by atoms with Crippen LogP contribution in [-0.4, -0.2) is 16.2 Å². The number of benzene rings is 1. The van der Waals surface area contributed by atoms with Gasteiger partial charge in [-0.1, -0.05) is 29.8 Å². The Labute approximate surface area is 111 Å². The lowest BCUT2D eigenvalue weighted by Crippen LogP contribution is -1.99. The highest BCUT2D eigenvalue weighted by molar-refractivity contribution is 5.84. The molecule has 2 aromatic rings. The van der Waals surface area contributed by atoms with Crippen LogP contribution in [0.2, 0.25) is 0 Å². The fraction of sp³-hybridized carbons (Fsp3) is 0.267. The Morgan fingerprint density at radius 1 is 1.32 bits per heavy atom. The second kappa shape index (κ2) is 5.71. The number of hydrogen-bond acceptors (Lipinski definition) is 3. The summed E-state index contributed by atoms with van der Waals surface area (Å²) in [6.07, 6.45) is 0.427. The third-order valence-corrected chi connectivity index (χ3v) is 2.95. The van der Waals surface area contributed by atoms with Crippen LogP contribution >= 0.6 is 0 Å². The first kappa shape index (κ1) is 13.4. The van der Waals surface area contributed by atoms with Crippen molar-refractivity contribution in [2.24, 2.45) is 0 Å². The third-order valence-electron chi connectivity index (χ3n) is 2.95. The van der Waals surface area contributed by atoms with Crippen molar-refractivity contribution in [1.29, 1.82) is 0 Å². The number of rotatable bonds is 5. The fourth-order valence-corrected chi connectivity index (χ4v) is 1.96. The summed E-state index contributed by atoms with van der Waals surface area (Å²) >= 11 is 0. The topological polar surface area (TPSA) is 70.7 Å². The van der Waals surface area contributed by atoms with Gasteiger partial charge in [-0.3, -0.25) is 0 Å². The van der Waals surface area contributed by atoms with Gasteiger partial charge in [0.05, 0.1) is 0 Å². The first-order valence-corrected chi connectivity index (χ1v) is 6.13. The van der Waals surface area contributed by atoms with Crippen molar-refractivity contribution in [2.45, 2.75) is 25.9 Å². The molecule has 1 unspecified atom stereocenters. The zero-order chi connectivity index (χ0) is 13.8. The molecule has 19 heavy (non-hydrogen) atoms. The minimum Gasteiger partial charge on any atom is -0.475 e. The van der Waals surface area contributed by atoms with Crippen LogP contribution in [0.3, 0.4) is 0 Å². The molecule has 4 nitrogen and oxygen atoms in total. The van der Waals surface area contributed by atoms with Crippen molar-refractivity contribution >= 4 is 5.97 Å². The van der Waals surface area contributed by atoms with Gasteiger partial charge in [-0.25, -0.2) is 4.79 Å². The van der Waals surface area contributed by atoms with E-state index >= 15 is 0 Å². The van der Waals surface area contributed by atoms with Crippen LogP contribution in [0.5, 0.6) is 0 Å². The summed E-state index contributed by atoms with van der Waals surface area (Å²) in [5.74, 6) is -0.980. The second-order valence-electron chi connectivity index (χ2n) is 4.55. The lowest BCUT2D eigenvalue weighted by molar-refractivity contribution is 0.0650. The molecule has 1 heterocycles. The van der Waals surface area contributed by atoms with E-state index in [1.165, 1.54) is 17.7 Å². The second-order valence-corrected chi connectivity index (χ2v) is 4.55. The van der Waals surface area contributed by atoms with Gasteiger partial charge < -0.3 is 14.6 Å². The van der Waals surface area contributed by atoms with Crippen LogP contribution in [0.4, 0.5) is 0 Å². The van der Waals surface area contributed by atoms with Crippen molar-refractivity contribution in [2.75, 3.05) is 0 Å². The molecule has 100 valence electrons. The SMILES string of the molecule is Cc1cccc(CCC(O)c2ccc(C(=O)O)o2)c1. The number of aliphatic hydroxyl groups is 1. The first-order valence-electron chi connectivity index (χ1n) is 6.13. The highest BCUT2D eigenvalue weighted by Crippen LogP contribution is 2.21. The van der Waals surface area contributed by atoms with Crippen molar-refractivity contribution in [3.05, 3.63) is 59.0 Å². The molecule has 2 rings (SSSR count). The molecule has 1 atom stereocenters. The Hall–Kier alpha value is -2.07. The summed E-state index contributed by atoms with van der Waals surface area (Å²) in [6, 6.07) is 10.9. The van der Waals surface area contributed by atoms with E-state index in [2.05, 4.69) is 6.07 Å². The maximum Gasteiger partial charge on any atom is 0.371 e. The van der Waals surface area contributed by atoms with Gasteiger partial charge in [-0.2, -0.15) is 0 Å². The molecule has 0 saturated carbocycles. The molecule has 0 saturated heterocycles. The first-order chi connectivity index (χ1) is 9.06. The average Bonchev–Trinajstić information content (AvgIpc) is 2.86. The summed E-state index contributed by atoms with van der Waals surface area (Å²) in [5.41, 5.74) is 2.32. The number of aryl methyl sites for hydroxylation is 2. The van der Waals surface area contributed by atoms with E-state index in [0.29, 0.717) is 18.6 Å². The molecule has 1 aromatic carbocycles. The van der Waals surface area contributed by atoms with Crippen molar-refractivity contribution in [1.82, 2.24) is 0 Å². The number of carboxylic acids is 1. The number of hydrogen-bond donors (Lipinski definition) is 2. The number of carboxylic acid groups (broad SMARTS) is 1. The Morgan fingerprint density at radius 2 is 2.11 bits per heavy atom. The molecule has 0 bridgehead atoms.